The highest BCUT2D eigenvalue weighted by Crippen LogP contribution is 1.99. The van der Waals surface area contributed by atoms with Crippen LogP contribution in [0.5, 0.6) is 0 Å². The second-order valence-corrected chi connectivity index (χ2v) is 3.25. The molecule has 1 aromatic heterocycles. The fourth-order valence-corrected chi connectivity index (χ4v) is 1.58. The van der Waals surface area contributed by atoms with Gasteiger partial charge in [0, 0.05) is 6.42 Å². The van der Waals surface area contributed by atoms with Crippen molar-refractivity contribution in [3.63, 3.8) is 0 Å². The Bertz CT molecular complexity index is 318. The molecule has 0 radical (unpaired) electrons. The molecule has 0 aromatic carbocycles. The number of imidazole rings is 1. The molecule has 0 N–H and O–H groups in total. The van der Waals surface area contributed by atoms with E-state index in [0.717, 1.165) is 25.2 Å². The van der Waals surface area contributed by atoms with Crippen LogP contribution in [-0.4, -0.2) is 10.5 Å². The first kappa shape index (κ1) is 10.8. The van der Waals surface area contributed by atoms with Crippen LogP contribution in [0.15, 0.2) is 12.4 Å². The van der Waals surface area contributed by atoms with E-state index in [1.54, 1.807) is 10.8 Å². The molecule has 78 valence electrons. The Morgan fingerprint density at radius 3 is 2.79 bits per heavy atom. The van der Waals surface area contributed by atoms with E-state index in [-0.39, 0.29) is 6.54 Å². The molecule has 1 heterocycles. The van der Waals surface area contributed by atoms with Gasteiger partial charge in [0.1, 0.15) is 18.9 Å². The third kappa shape index (κ3) is 2.34. The molecule has 0 aliphatic carbocycles. The van der Waals surface area contributed by atoms with Crippen LogP contribution < -0.4 is 9.67 Å². The van der Waals surface area contributed by atoms with Crippen LogP contribution >= 0.6 is 0 Å². The average molecular weight is 196 g/mol. The van der Waals surface area contributed by atoms with Crippen molar-refractivity contribution in [2.75, 3.05) is 0 Å². The largest absolute Gasteiger partial charge is 0.546 e. The Hall–Kier alpha value is -1.32. The number of carboxylic acid groups (broad SMARTS) is 1. The number of carbonyl (C=O) groups is 1. The van der Waals surface area contributed by atoms with E-state index in [9.17, 15) is 9.90 Å². The molecule has 1 rings (SSSR count). The van der Waals surface area contributed by atoms with Crippen molar-refractivity contribution in [2.24, 2.45) is 0 Å². The quantitative estimate of drug-likeness (QED) is 0.596. The third-order valence-electron chi connectivity index (χ3n) is 2.20. The van der Waals surface area contributed by atoms with Crippen LogP contribution in [0.1, 0.15) is 26.1 Å². The van der Waals surface area contributed by atoms with Gasteiger partial charge < -0.3 is 9.90 Å². The number of aliphatic carboxylic acids is 1. The van der Waals surface area contributed by atoms with Crippen molar-refractivity contribution in [3.05, 3.63) is 18.2 Å². The third-order valence-corrected chi connectivity index (χ3v) is 2.20. The summed E-state index contributed by atoms with van der Waals surface area (Å²) >= 11 is 0. The maximum absolute atomic E-state index is 10.5. The van der Waals surface area contributed by atoms with Crippen molar-refractivity contribution in [1.82, 2.24) is 4.57 Å². The van der Waals surface area contributed by atoms with Crippen molar-refractivity contribution in [3.8, 4) is 0 Å². The molecule has 0 fully saturated rings. The Morgan fingerprint density at radius 2 is 2.29 bits per heavy atom. The second kappa shape index (κ2) is 4.79. The van der Waals surface area contributed by atoms with Gasteiger partial charge in [0.15, 0.2) is 0 Å². The van der Waals surface area contributed by atoms with Crippen molar-refractivity contribution in [2.45, 2.75) is 39.8 Å². The summed E-state index contributed by atoms with van der Waals surface area (Å²) in [5, 5.41) is 10.5. The van der Waals surface area contributed by atoms with Crippen LogP contribution in [0.2, 0.25) is 0 Å². The summed E-state index contributed by atoms with van der Waals surface area (Å²) in [5.74, 6) is 0.0143. The summed E-state index contributed by atoms with van der Waals surface area (Å²) in [6.45, 7) is 4.94. The van der Waals surface area contributed by atoms with Gasteiger partial charge in [0.2, 0.25) is 0 Å². The van der Waals surface area contributed by atoms with Gasteiger partial charge in [0.25, 0.3) is 5.82 Å². The topological polar surface area (TPSA) is 48.9 Å². The molecule has 0 aliphatic heterocycles. The molecule has 0 unspecified atom stereocenters. The van der Waals surface area contributed by atoms with Gasteiger partial charge in [-0.2, -0.15) is 0 Å². The molecular weight excluding hydrogens is 180 g/mol. The first-order valence-electron chi connectivity index (χ1n) is 4.96. The van der Waals surface area contributed by atoms with Crippen molar-refractivity contribution < 1.29 is 14.5 Å². The summed E-state index contributed by atoms with van der Waals surface area (Å²) in [6, 6.07) is 0. The summed E-state index contributed by atoms with van der Waals surface area (Å²) in [6.07, 6.45) is 5.61. The van der Waals surface area contributed by atoms with E-state index in [0.29, 0.717) is 0 Å². The fourth-order valence-electron chi connectivity index (χ4n) is 1.58. The lowest BCUT2D eigenvalue weighted by atomic mass is 10.3. The SMILES string of the molecule is CCCc1n(CC)cc[n+]1CC(=O)[O-]. The molecule has 0 atom stereocenters. The summed E-state index contributed by atoms with van der Waals surface area (Å²) in [5.41, 5.74) is 0. The predicted octanol–water partition coefficient (Wildman–Crippen LogP) is -0.502. The fraction of sp³-hybridized carbons (Fsp3) is 0.600. The molecular formula is C10H16N2O2. The Labute approximate surface area is 83.8 Å². The van der Waals surface area contributed by atoms with Gasteiger partial charge in [0.05, 0.1) is 12.5 Å². The zero-order chi connectivity index (χ0) is 10.6. The molecule has 1 aromatic rings. The normalized spacial score (nSPS) is 10.4. The monoisotopic (exact) mass is 196 g/mol. The summed E-state index contributed by atoms with van der Waals surface area (Å²) in [7, 11) is 0. The highest BCUT2D eigenvalue weighted by atomic mass is 16.4. The number of hydrogen-bond acceptors (Lipinski definition) is 2. The lowest BCUT2D eigenvalue weighted by Gasteiger charge is -2.03. The first-order valence-corrected chi connectivity index (χ1v) is 4.96. The Kier molecular flexibility index (Phi) is 3.68. The van der Waals surface area contributed by atoms with Gasteiger partial charge in [-0.1, -0.05) is 6.92 Å². The van der Waals surface area contributed by atoms with Crippen LogP contribution in [0, 0.1) is 0 Å². The van der Waals surface area contributed by atoms with Crippen LogP contribution in [0.3, 0.4) is 0 Å². The maximum Gasteiger partial charge on any atom is 0.256 e. The van der Waals surface area contributed by atoms with Crippen LogP contribution in [0.25, 0.3) is 0 Å². The van der Waals surface area contributed by atoms with E-state index in [1.807, 2.05) is 13.1 Å². The number of aryl methyl sites for hydroxylation is 1. The van der Waals surface area contributed by atoms with E-state index in [2.05, 4.69) is 11.5 Å². The Morgan fingerprint density at radius 1 is 1.57 bits per heavy atom. The zero-order valence-electron chi connectivity index (χ0n) is 8.69. The molecule has 0 aliphatic rings. The minimum absolute atomic E-state index is 0.0532. The number of hydrogen-bond donors (Lipinski definition) is 0. The predicted molar refractivity (Wildman–Crippen MR) is 49.3 cm³/mol. The average Bonchev–Trinajstić information content (AvgIpc) is 2.48. The van der Waals surface area contributed by atoms with E-state index in [4.69, 9.17) is 0 Å². The van der Waals surface area contributed by atoms with E-state index < -0.39 is 5.97 Å². The molecule has 4 nitrogen and oxygen atoms in total. The van der Waals surface area contributed by atoms with E-state index in [1.165, 1.54) is 0 Å². The number of carboxylic acids is 1. The standard InChI is InChI=1S/C10H16N2O2/c1-3-5-9-11(4-2)6-7-12(9)8-10(13)14/h6-7H,3-5,8H2,1-2H3. The smallest absolute Gasteiger partial charge is 0.256 e. The molecule has 0 amide bonds. The minimum atomic E-state index is -1.04. The van der Waals surface area contributed by atoms with Gasteiger partial charge >= 0.3 is 0 Å². The summed E-state index contributed by atoms with van der Waals surface area (Å²) < 4.78 is 3.80. The lowest BCUT2D eigenvalue weighted by molar-refractivity contribution is -0.697. The number of nitrogens with zero attached hydrogens (tertiary/aromatic N) is 2. The molecule has 0 spiro atoms. The Balaban J connectivity index is 2.91. The van der Waals surface area contributed by atoms with Crippen molar-refractivity contribution in [1.29, 1.82) is 0 Å². The van der Waals surface area contributed by atoms with Gasteiger partial charge in [-0.25, -0.2) is 9.13 Å². The summed E-state index contributed by atoms with van der Waals surface area (Å²) in [4.78, 5) is 10.5. The molecule has 4 heteroatoms. The number of aromatic nitrogens is 2. The second-order valence-electron chi connectivity index (χ2n) is 3.25. The number of carbonyl (C=O) groups excluding carboxylic acids is 1. The van der Waals surface area contributed by atoms with Gasteiger partial charge in [-0.3, -0.25) is 0 Å². The van der Waals surface area contributed by atoms with Crippen molar-refractivity contribution >= 4 is 5.97 Å². The zero-order valence-corrected chi connectivity index (χ0v) is 8.69. The van der Waals surface area contributed by atoms with Crippen LogP contribution in [-0.2, 0) is 24.3 Å². The molecule has 14 heavy (non-hydrogen) atoms. The highest BCUT2D eigenvalue weighted by Gasteiger charge is 2.14. The minimum Gasteiger partial charge on any atom is -0.546 e. The highest BCUT2D eigenvalue weighted by molar-refractivity contribution is 5.62. The van der Waals surface area contributed by atoms with Gasteiger partial charge in [-0.05, 0) is 13.3 Å². The number of rotatable bonds is 5. The van der Waals surface area contributed by atoms with Gasteiger partial charge in [-0.15, -0.1) is 0 Å². The lowest BCUT2D eigenvalue weighted by Crippen LogP contribution is -2.45. The maximum atomic E-state index is 10.5. The molecule has 0 saturated carbocycles. The molecule has 0 saturated heterocycles. The first-order chi connectivity index (χ1) is 6.69. The molecule has 0 bridgehead atoms. The van der Waals surface area contributed by atoms with Crippen LogP contribution in [0.4, 0.5) is 0 Å². The van der Waals surface area contributed by atoms with E-state index >= 15 is 0 Å².